The molecule has 0 spiro atoms. The molecule has 1 aromatic heterocycles. The molecular formula is C18H15BrN2O3S2. The minimum absolute atomic E-state index is 0.00687. The molecule has 8 heteroatoms. The van der Waals surface area contributed by atoms with Crippen LogP contribution < -0.4 is 4.74 Å². The van der Waals surface area contributed by atoms with Gasteiger partial charge in [-0.2, -0.15) is 0 Å². The number of benzene rings is 1. The number of carbonyl (C=O) groups is 1. The number of thiocarbonyl (C=S) groups is 1. The summed E-state index contributed by atoms with van der Waals surface area (Å²) in [6.07, 6.45) is 5.02. The number of pyridine rings is 1. The van der Waals surface area contributed by atoms with E-state index in [1.54, 1.807) is 30.6 Å². The number of halogens is 1. The van der Waals surface area contributed by atoms with Crippen LogP contribution >= 0.6 is 39.9 Å². The highest BCUT2D eigenvalue weighted by atomic mass is 79.9. The van der Waals surface area contributed by atoms with Crippen LogP contribution in [-0.2, 0) is 11.3 Å². The first-order chi connectivity index (χ1) is 12.5. The molecule has 1 aliphatic rings. The predicted molar refractivity (Wildman–Crippen MR) is 110 cm³/mol. The zero-order valence-electron chi connectivity index (χ0n) is 13.8. The Morgan fingerprint density at radius 2 is 2.27 bits per heavy atom. The zero-order valence-corrected chi connectivity index (χ0v) is 17.0. The summed E-state index contributed by atoms with van der Waals surface area (Å²) in [6.45, 7) is 2.63. The van der Waals surface area contributed by atoms with Gasteiger partial charge in [0, 0.05) is 22.4 Å². The van der Waals surface area contributed by atoms with Crippen molar-refractivity contribution in [1.82, 2.24) is 9.88 Å². The Hall–Kier alpha value is -1.90. The molecule has 1 fully saturated rings. The number of aromatic hydroxyl groups is 1. The molecule has 0 unspecified atom stereocenters. The van der Waals surface area contributed by atoms with E-state index in [9.17, 15) is 9.90 Å². The first kappa shape index (κ1) is 18.9. The molecule has 0 aliphatic carbocycles. The smallest absolute Gasteiger partial charge is 0.266 e. The second kappa shape index (κ2) is 8.20. The quantitative estimate of drug-likeness (QED) is 0.539. The summed E-state index contributed by atoms with van der Waals surface area (Å²) in [4.78, 5) is 18.8. The third kappa shape index (κ3) is 4.08. The maximum atomic E-state index is 12.7. The van der Waals surface area contributed by atoms with Gasteiger partial charge >= 0.3 is 0 Å². The van der Waals surface area contributed by atoms with Crippen LogP contribution in [0.15, 0.2) is 46.0 Å². The molecule has 0 radical (unpaired) electrons. The molecule has 0 atom stereocenters. The Morgan fingerprint density at radius 1 is 1.46 bits per heavy atom. The van der Waals surface area contributed by atoms with E-state index in [0.29, 0.717) is 33.7 Å². The molecule has 0 saturated carbocycles. The van der Waals surface area contributed by atoms with E-state index in [-0.39, 0.29) is 11.7 Å². The second-order valence-electron chi connectivity index (χ2n) is 5.40. The number of aromatic nitrogens is 1. The average molecular weight is 451 g/mol. The average Bonchev–Trinajstić information content (AvgIpc) is 2.87. The van der Waals surface area contributed by atoms with Crippen LogP contribution in [0.4, 0.5) is 0 Å². The highest BCUT2D eigenvalue weighted by molar-refractivity contribution is 9.10. The van der Waals surface area contributed by atoms with Gasteiger partial charge in [-0.15, -0.1) is 0 Å². The lowest BCUT2D eigenvalue weighted by atomic mass is 10.1. The summed E-state index contributed by atoms with van der Waals surface area (Å²) >= 11 is 9.95. The third-order valence-corrected chi connectivity index (χ3v) is 5.43. The minimum Gasteiger partial charge on any atom is -0.504 e. The van der Waals surface area contributed by atoms with Crippen LogP contribution in [0.25, 0.3) is 6.08 Å². The van der Waals surface area contributed by atoms with E-state index in [4.69, 9.17) is 17.0 Å². The molecule has 1 amide bonds. The SMILES string of the molecule is CCOc1cc(Br)cc(/C=C2\SC(=S)N(Cc3cccnc3)C2=O)c1O. The van der Waals surface area contributed by atoms with E-state index >= 15 is 0 Å². The van der Waals surface area contributed by atoms with Crippen LogP contribution in [0.1, 0.15) is 18.1 Å². The van der Waals surface area contributed by atoms with E-state index in [1.807, 2.05) is 19.1 Å². The number of nitrogens with zero attached hydrogens (tertiary/aromatic N) is 2. The molecule has 2 aromatic rings. The van der Waals surface area contributed by atoms with Crippen molar-refractivity contribution < 1.29 is 14.6 Å². The lowest BCUT2D eigenvalue weighted by Crippen LogP contribution is -2.27. The molecule has 26 heavy (non-hydrogen) atoms. The zero-order chi connectivity index (χ0) is 18.7. The summed E-state index contributed by atoms with van der Waals surface area (Å²) in [5, 5.41) is 10.4. The van der Waals surface area contributed by atoms with Gasteiger partial charge in [0.05, 0.1) is 18.1 Å². The van der Waals surface area contributed by atoms with E-state index in [1.165, 1.54) is 16.7 Å². The lowest BCUT2D eigenvalue weighted by Gasteiger charge is -2.14. The number of thioether (sulfide) groups is 1. The standard InChI is InChI=1S/C18H15BrN2O3S2/c1-2-24-14-8-13(19)6-12(16(14)22)7-15-17(23)21(18(25)26-15)10-11-4-3-5-20-9-11/h3-9,22H,2,10H2,1H3/b15-7-. The van der Waals surface area contributed by atoms with Crippen LogP contribution in [-0.4, -0.2) is 31.8 Å². The van der Waals surface area contributed by atoms with Gasteiger partial charge in [0.15, 0.2) is 11.5 Å². The summed E-state index contributed by atoms with van der Waals surface area (Å²) in [5.41, 5.74) is 1.39. The van der Waals surface area contributed by atoms with Crippen molar-refractivity contribution in [3.8, 4) is 11.5 Å². The molecule has 3 rings (SSSR count). The maximum absolute atomic E-state index is 12.7. The van der Waals surface area contributed by atoms with Crippen LogP contribution in [0, 0.1) is 0 Å². The fraction of sp³-hybridized carbons (Fsp3) is 0.167. The van der Waals surface area contributed by atoms with Gasteiger partial charge in [0.1, 0.15) is 4.32 Å². The Kier molecular flexibility index (Phi) is 5.95. The van der Waals surface area contributed by atoms with E-state index in [0.717, 1.165) is 10.0 Å². The minimum atomic E-state index is -0.193. The second-order valence-corrected chi connectivity index (χ2v) is 8.00. The van der Waals surface area contributed by atoms with Crippen molar-refractivity contribution in [3.05, 3.63) is 57.2 Å². The maximum Gasteiger partial charge on any atom is 0.266 e. The summed E-state index contributed by atoms with van der Waals surface area (Å²) in [6, 6.07) is 7.12. The monoisotopic (exact) mass is 450 g/mol. The van der Waals surface area contributed by atoms with E-state index in [2.05, 4.69) is 20.9 Å². The number of carbonyl (C=O) groups excluding carboxylic acids is 1. The largest absolute Gasteiger partial charge is 0.504 e. The van der Waals surface area contributed by atoms with Crippen LogP contribution in [0.5, 0.6) is 11.5 Å². The fourth-order valence-electron chi connectivity index (χ4n) is 2.42. The first-order valence-electron chi connectivity index (χ1n) is 7.79. The molecule has 2 heterocycles. The highest BCUT2D eigenvalue weighted by Gasteiger charge is 2.32. The van der Waals surface area contributed by atoms with Crippen molar-refractivity contribution in [3.63, 3.8) is 0 Å². The molecule has 1 aromatic carbocycles. The molecule has 134 valence electrons. The number of amides is 1. The van der Waals surface area contributed by atoms with Gasteiger partial charge in [0.25, 0.3) is 5.91 Å². The van der Waals surface area contributed by atoms with Gasteiger partial charge in [-0.05, 0) is 36.8 Å². The molecule has 1 aliphatic heterocycles. The summed E-state index contributed by atoms with van der Waals surface area (Å²) < 4.78 is 6.65. The van der Waals surface area contributed by atoms with Gasteiger partial charge in [-0.25, -0.2) is 0 Å². The number of phenols is 1. The van der Waals surface area contributed by atoms with Gasteiger partial charge < -0.3 is 9.84 Å². The van der Waals surface area contributed by atoms with Crippen molar-refractivity contribution in [2.45, 2.75) is 13.5 Å². The molecule has 1 saturated heterocycles. The Labute approximate surface area is 169 Å². The topological polar surface area (TPSA) is 62.7 Å². The summed E-state index contributed by atoms with van der Waals surface area (Å²) in [7, 11) is 0. The number of hydrogen-bond acceptors (Lipinski definition) is 6. The van der Waals surface area contributed by atoms with Gasteiger partial charge in [0.2, 0.25) is 0 Å². The molecule has 0 bridgehead atoms. The van der Waals surface area contributed by atoms with E-state index < -0.39 is 0 Å². The Bertz CT molecular complexity index is 888. The third-order valence-electron chi connectivity index (χ3n) is 3.59. The van der Waals surface area contributed by atoms with Crippen LogP contribution in [0.2, 0.25) is 0 Å². The van der Waals surface area contributed by atoms with Crippen molar-refractivity contribution in [1.29, 1.82) is 0 Å². The number of rotatable bonds is 5. The number of ether oxygens (including phenoxy) is 1. The van der Waals surface area contributed by atoms with Gasteiger partial charge in [-0.1, -0.05) is 46.0 Å². The normalized spacial score (nSPS) is 15.8. The highest BCUT2D eigenvalue weighted by Crippen LogP contribution is 2.39. The number of phenolic OH excluding ortho intramolecular Hbond substituents is 1. The first-order valence-corrected chi connectivity index (χ1v) is 9.81. The van der Waals surface area contributed by atoms with Gasteiger partial charge in [-0.3, -0.25) is 14.7 Å². The molecule has 1 N–H and O–H groups in total. The summed E-state index contributed by atoms with van der Waals surface area (Å²) in [5.74, 6) is 0.160. The fourth-order valence-corrected chi connectivity index (χ4v) is 4.12. The van der Waals surface area contributed by atoms with Crippen molar-refractivity contribution in [2.75, 3.05) is 6.61 Å². The Balaban J connectivity index is 1.88. The molecule has 5 nitrogen and oxygen atoms in total. The number of hydrogen-bond donors (Lipinski definition) is 1. The van der Waals surface area contributed by atoms with Crippen molar-refractivity contribution in [2.24, 2.45) is 0 Å². The van der Waals surface area contributed by atoms with Crippen molar-refractivity contribution >= 4 is 56.2 Å². The lowest BCUT2D eigenvalue weighted by molar-refractivity contribution is -0.122. The predicted octanol–water partition coefficient (Wildman–Crippen LogP) is 4.35. The Morgan fingerprint density at radius 3 is 2.96 bits per heavy atom. The van der Waals surface area contributed by atoms with Crippen LogP contribution in [0.3, 0.4) is 0 Å². The molecular weight excluding hydrogens is 436 g/mol.